The van der Waals surface area contributed by atoms with Gasteiger partial charge in [-0.2, -0.15) is 22.3 Å². The number of aromatic nitrogens is 6. The van der Waals surface area contributed by atoms with Crippen LogP contribution in [-0.4, -0.2) is 29.5 Å². The monoisotopic (exact) mass is 715 g/mol. The van der Waals surface area contributed by atoms with Crippen LogP contribution in [0.3, 0.4) is 0 Å². The van der Waals surface area contributed by atoms with Crippen LogP contribution in [0.5, 0.6) is 0 Å². The maximum atomic E-state index is 5.18. The Morgan fingerprint density at radius 1 is 0.512 bits per heavy atom. The molecule has 0 radical (unpaired) electrons. The van der Waals surface area contributed by atoms with Crippen molar-refractivity contribution in [2.24, 2.45) is 0 Å². The third-order valence-electron chi connectivity index (χ3n) is 7.75. The zero-order valence-corrected chi connectivity index (χ0v) is 25.5. The molecule has 0 saturated carbocycles. The van der Waals surface area contributed by atoms with E-state index in [0.717, 1.165) is 56.9 Å². The molecular formula is C34H28N6Pt. The average Bonchev–Trinajstić information content (AvgIpc) is 3.65. The third kappa shape index (κ3) is 4.47. The molecule has 7 heteroatoms. The third-order valence-corrected chi connectivity index (χ3v) is 7.75. The van der Waals surface area contributed by atoms with Gasteiger partial charge in [0.2, 0.25) is 0 Å². The molecule has 5 heterocycles. The molecule has 204 valence electrons. The molecular weight excluding hydrogens is 687 g/mol. The molecule has 2 aromatic carbocycles. The molecule has 0 fully saturated rings. The minimum Gasteiger partial charge on any atom is -0.345 e. The predicted molar refractivity (Wildman–Crippen MR) is 156 cm³/mol. The van der Waals surface area contributed by atoms with Crippen LogP contribution < -0.4 is 0 Å². The second-order valence-electron chi connectivity index (χ2n) is 11.2. The largest absolute Gasteiger partial charge is 2.00 e. The number of pyridine rings is 2. The maximum absolute atomic E-state index is 5.18. The standard InChI is InChI=1S/C34H28N6.Pt/c1-33(2)29-19-11-17-25(35-29)28-22-32(38-40(28)24-15-9-6-10-16-24)34(3,4)30-20-12-18-26(36-30)27-21-31(33)37-39(27)23-13-7-5-8-14-23;/h5-20H,1-4H3;/q-2;+2. The molecule has 0 saturated heterocycles. The molecule has 6 aromatic rings. The van der Waals surface area contributed by atoms with Gasteiger partial charge in [-0.1, -0.05) is 99.0 Å². The minimum absolute atomic E-state index is 0. The van der Waals surface area contributed by atoms with E-state index in [1.165, 1.54) is 0 Å². The normalized spacial score (nSPS) is 14.5. The molecule has 7 rings (SSSR count). The summed E-state index contributed by atoms with van der Waals surface area (Å²) < 4.78 is 3.88. The first-order valence-electron chi connectivity index (χ1n) is 13.4. The summed E-state index contributed by atoms with van der Waals surface area (Å²) in [5, 5.41) is 10.2. The van der Waals surface area contributed by atoms with Crippen molar-refractivity contribution in [2.45, 2.75) is 38.5 Å². The number of benzene rings is 2. The molecule has 0 spiro atoms. The number of rotatable bonds is 2. The van der Waals surface area contributed by atoms with Crippen molar-refractivity contribution in [3.05, 3.63) is 132 Å². The van der Waals surface area contributed by atoms with Gasteiger partial charge in [0.25, 0.3) is 0 Å². The Kier molecular flexibility index (Phi) is 6.62. The number of hydrogen-bond donors (Lipinski definition) is 0. The first-order chi connectivity index (χ1) is 19.3. The second-order valence-corrected chi connectivity index (χ2v) is 11.2. The summed E-state index contributed by atoms with van der Waals surface area (Å²) >= 11 is 0. The quantitative estimate of drug-likeness (QED) is 0.187. The van der Waals surface area contributed by atoms with E-state index in [-0.39, 0.29) is 21.1 Å². The van der Waals surface area contributed by atoms with E-state index in [4.69, 9.17) is 20.2 Å². The van der Waals surface area contributed by atoms with Gasteiger partial charge in [-0.05, 0) is 47.8 Å². The number of hydrogen-bond acceptors (Lipinski definition) is 4. The van der Waals surface area contributed by atoms with Crippen molar-refractivity contribution in [1.29, 1.82) is 0 Å². The fraction of sp³-hybridized carbons (Fsp3) is 0.176. The number of para-hydroxylation sites is 2. The van der Waals surface area contributed by atoms with Crippen LogP contribution in [0.2, 0.25) is 0 Å². The van der Waals surface area contributed by atoms with Crippen LogP contribution in [0.25, 0.3) is 34.2 Å². The fourth-order valence-corrected chi connectivity index (χ4v) is 5.17. The summed E-state index contributed by atoms with van der Waals surface area (Å²) in [6.07, 6.45) is 0. The molecule has 41 heavy (non-hydrogen) atoms. The Labute approximate surface area is 254 Å². The Bertz CT molecular complexity index is 1710. The van der Waals surface area contributed by atoms with E-state index in [1.807, 2.05) is 94.3 Å². The van der Waals surface area contributed by atoms with Crippen LogP contribution in [0.1, 0.15) is 50.5 Å². The van der Waals surface area contributed by atoms with Gasteiger partial charge < -0.3 is 9.97 Å². The molecule has 4 aromatic heterocycles. The van der Waals surface area contributed by atoms with Gasteiger partial charge in [-0.3, -0.25) is 9.36 Å². The number of fused-ring (bicyclic) bond motifs is 10. The Hall–Kier alpha value is -4.15. The van der Waals surface area contributed by atoms with Crippen LogP contribution in [0, 0.1) is 12.1 Å². The van der Waals surface area contributed by atoms with Gasteiger partial charge in [0, 0.05) is 22.2 Å². The zero-order valence-electron chi connectivity index (χ0n) is 23.2. The zero-order chi connectivity index (χ0) is 27.5. The summed E-state index contributed by atoms with van der Waals surface area (Å²) in [4.78, 5) is 10.4. The summed E-state index contributed by atoms with van der Waals surface area (Å²) in [7, 11) is 0. The van der Waals surface area contributed by atoms with Crippen molar-refractivity contribution in [1.82, 2.24) is 29.5 Å². The van der Waals surface area contributed by atoms with Crippen LogP contribution in [0.4, 0.5) is 0 Å². The molecule has 0 aliphatic carbocycles. The summed E-state index contributed by atoms with van der Waals surface area (Å²) in [5.41, 5.74) is 7.40. The van der Waals surface area contributed by atoms with E-state index in [1.54, 1.807) is 0 Å². The summed E-state index contributed by atoms with van der Waals surface area (Å²) in [6.45, 7) is 8.55. The molecule has 0 unspecified atom stereocenters. The van der Waals surface area contributed by atoms with Crippen LogP contribution in [-0.2, 0) is 31.9 Å². The molecule has 0 amide bonds. The van der Waals surface area contributed by atoms with E-state index < -0.39 is 10.8 Å². The van der Waals surface area contributed by atoms with Crippen LogP contribution >= 0.6 is 0 Å². The van der Waals surface area contributed by atoms with E-state index in [9.17, 15) is 0 Å². The Morgan fingerprint density at radius 3 is 1.29 bits per heavy atom. The molecule has 6 nitrogen and oxygen atoms in total. The average molecular weight is 716 g/mol. The van der Waals surface area contributed by atoms with Gasteiger partial charge in [-0.25, -0.2) is 0 Å². The van der Waals surface area contributed by atoms with E-state index >= 15 is 0 Å². The second kappa shape index (κ2) is 10.0. The van der Waals surface area contributed by atoms with Crippen molar-refractivity contribution in [2.75, 3.05) is 0 Å². The molecule has 0 atom stereocenters. The molecule has 8 bridgehead atoms. The number of nitrogens with zero attached hydrogens (tertiary/aromatic N) is 6. The predicted octanol–water partition coefficient (Wildman–Crippen LogP) is 6.75. The Morgan fingerprint density at radius 2 is 0.902 bits per heavy atom. The SMILES string of the molecule is CC1(C)c2[c-]c(n(-c3ccccc3)n2)-c2cccc(n2)C(C)(C)c2[c-]c(n(-c3ccccc3)n2)-c2cccc1n2.[Pt+2]. The van der Waals surface area contributed by atoms with E-state index in [2.05, 4.69) is 52.0 Å². The van der Waals surface area contributed by atoms with Crippen LogP contribution in [0.15, 0.2) is 97.1 Å². The Balaban J connectivity index is 0.00000302. The minimum atomic E-state index is -0.535. The first kappa shape index (κ1) is 27.0. The van der Waals surface area contributed by atoms with Crippen molar-refractivity contribution >= 4 is 0 Å². The van der Waals surface area contributed by atoms with Gasteiger partial charge in [0.15, 0.2) is 0 Å². The molecule has 0 N–H and O–H groups in total. The summed E-state index contributed by atoms with van der Waals surface area (Å²) in [5.74, 6) is 0. The van der Waals surface area contributed by atoms with Gasteiger partial charge in [0.05, 0.1) is 11.4 Å². The van der Waals surface area contributed by atoms with Crippen molar-refractivity contribution < 1.29 is 21.1 Å². The van der Waals surface area contributed by atoms with Gasteiger partial charge >= 0.3 is 21.1 Å². The van der Waals surface area contributed by atoms with Crippen molar-refractivity contribution in [3.8, 4) is 34.2 Å². The summed E-state index contributed by atoms with van der Waals surface area (Å²) in [6, 6.07) is 39.8. The molecule has 1 aliphatic heterocycles. The van der Waals surface area contributed by atoms with Gasteiger partial charge in [-0.15, -0.1) is 12.1 Å². The first-order valence-corrected chi connectivity index (χ1v) is 13.4. The maximum Gasteiger partial charge on any atom is 2.00 e. The fourth-order valence-electron chi connectivity index (χ4n) is 5.17. The van der Waals surface area contributed by atoms with E-state index in [0.29, 0.717) is 0 Å². The van der Waals surface area contributed by atoms with Gasteiger partial charge in [0.1, 0.15) is 0 Å². The molecule has 1 aliphatic rings. The van der Waals surface area contributed by atoms with Crippen molar-refractivity contribution in [3.63, 3.8) is 0 Å². The topological polar surface area (TPSA) is 61.4 Å². The smallest absolute Gasteiger partial charge is 0.345 e.